The molecule has 7 nitrogen and oxygen atoms in total. The Kier molecular flexibility index (Phi) is 5.55. The van der Waals surface area contributed by atoms with E-state index < -0.39 is 23.8 Å². The number of carbonyl (C=O) groups excluding carboxylic acids is 3. The minimum absolute atomic E-state index is 0.0379. The number of rotatable bonds is 5. The Balaban J connectivity index is 1.90. The molecule has 0 N–H and O–H groups in total. The van der Waals surface area contributed by atoms with Crippen LogP contribution in [0.4, 0.5) is 10.5 Å². The maximum absolute atomic E-state index is 12.8. The van der Waals surface area contributed by atoms with Crippen LogP contribution in [-0.4, -0.2) is 39.9 Å². The van der Waals surface area contributed by atoms with Gasteiger partial charge in [0.05, 0.1) is 18.5 Å². The summed E-state index contributed by atoms with van der Waals surface area (Å²) in [5.41, 5.74) is 0.601. The van der Waals surface area contributed by atoms with E-state index in [1.165, 1.54) is 12.5 Å². The predicted octanol–water partition coefficient (Wildman–Crippen LogP) is 3.76. The lowest BCUT2D eigenvalue weighted by Crippen LogP contribution is -2.61. The van der Waals surface area contributed by atoms with Gasteiger partial charge in [-0.05, 0) is 50.2 Å². The fourth-order valence-corrected chi connectivity index (χ4v) is 3.00. The molecule has 1 aromatic carbocycles. The molecule has 0 spiro atoms. The third-order valence-electron chi connectivity index (χ3n) is 4.08. The Bertz CT molecular complexity index is 875. The number of furan rings is 1. The van der Waals surface area contributed by atoms with Gasteiger partial charge in [0.2, 0.25) is 11.8 Å². The molecule has 0 saturated carbocycles. The number of carbonyl (C=O) groups is 3. The van der Waals surface area contributed by atoms with Gasteiger partial charge in [0.1, 0.15) is 5.76 Å². The van der Waals surface area contributed by atoms with Crippen LogP contribution in [0.1, 0.15) is 19.6 Å². The van der Waals surface area contributed by atoms with Gasteiger partial charge in [-0.25, -0.2) is 4.79 Å². The van der Waals surface area contributed by atoms with Crippen molar-refractivity contribution in [1.82, 2.24) is 9.80 Å². The molecule has 1 aliphatic heterocycles. The average Bonchev–Trinajstić information content (AvgIpc) is 3.13. The van der Waals surface area contributed by atoms with E-state index in [0.29, 0.717) is 11.4 Å². The zero-order chi connectivity index (χ0) is 19.6. The lowest BCUT2D eigenvalue weighted by Gasteiger charge is -2.37. The molecule has 1 unspecified atom stereocenters. The molecule has 1 aliphatic rings. The molecule has 27 heavy (non-hydrogen) atoms. The van der Waals surface area contributed by atoms with E-state index in [-0.39, 0.29) is 12.6 Å². The van der Waals surface area contributed by atoms with Gasteiger partial charge in [-0.3, -0.25) is 24.4 Å². The molecule has 0 aliphatic carbocycles. The number of imide groups is 2. The molecule has 1 atom stereocenters. The molecule has 0 radical (unpaired) electrons. The van der Waals surface area contributed by atoms with E-state index in [9.17, 15) is 14.4 Å². The second kappa shape index (κ2) is 7.87. The summed E-state index contributed by atoms with van der Waals surface area (Å²) in [6, 6.07) is 9.43. The topological polar surface area (TPSA) is 83.2 Å². The molecule has 4 amide bonds. The quantitative estimate of drug-likeness (QED) is 0.532. The zero-order valence-corrected chi connectivity index (χ0v) is 16.4. The fourth-order valence-electron chi connectivity index (χ4n) is 2.74. The number of hydrogen-bond donors (Lipinski definition) is 0. The molecule has 8 heteroatoms. The Morgan fingerprint density at radius 1 is 1.15 bits per heavy atom. The van der Waals surface area contributed by atoms with E-state index in [1.807, 2.05) is 12.1 Å². The van der Waals surface area contributed by atoms with Crippen molar-refractivity contribution in [3.63, 3.8) is 0 Å². The van der Waals surface area contributed by atoms with Gasteiger partial charge in [0.25, 0.3) is 0 Å². The first-order valence-corrected chi connectivity index (χ1v) is 9.18. The van der Waals surface area contributed by atoms with E-state index in [1.54, 1.807) is 38.1 Å². The van der Waals surface area contributed by atoms with Crippen molar-refractivity contribution in [3.05, 3.63) is 52.9 Å². The first kappa shape index (κ1) is 19.0. The monoisotopic (exact) mass is 431 g/mol. The van der Waals surface area contributed by atoms with Crippen LogP contribution in [0, 0.1) is 5.92 Å². The van der Waals surface area contributed by atoms with Crippen LogP contribution in [0.25, 0.3) is 0 Å². The number of urea groups is 1. The number of hydrogen-bond acceptors (Lipinski definition) is 5. The van der Waals surface area contributed by atoms with Crippen molar-refractivity contribution < 1.29 is 18.8 Å². The van der Waals surface area contributed by atoms with E-state index >= 15 is 0 Å². The van der Waals surface area contributed by atoms with Crippen molar-refractivity contribution in [2.24, 2.45) is 10.9 Å². The second-order valence-electron chi connectivity index (χ2n) is 6.32. The fraction of sp³-hybridized carbons (Fsp3) is 0.263. The van der Waals surface area contributed by atoms with Crippen molar-refractivity contribution in [2.75, 3.05) is 0 Å². The smallest absolute Gasteiger partial charge is 0.334 e. The molecule has 140 valence electrons. The van der Waals surface area contributed by atoms with Gasteiger partial charge in [-0.2, -0.15) is 0 Å². The molecular formula is C19H18BrN3O4. The van der Waals surface area contributed by atoms with Crippen molar-refractivity contribution in [1.29, 1.82) is 0 Å². The van der Waals surface area contributed by atoms with Gasteiger partial charge < -0.3 is 4.42 Å². The Morgan fingerprint density at radius 3 is 2.44 bits per heavy atom. The van der Waals surface area contributed by atoms with Crippen molar-refractivity contribution >= 4 is 45.7 Å². The molecule has 3 rings (SSSR count). The highest BCUT2D eigenvalue weighted by Crippen LogP contribution is 2.23. The lowest BCUT2D eigenvalue weighted by atomic mass is 10.0. The average molecular weight is 432 g/mol. The molecule has 1 fully saturated rings. The number of amides is 4. The molecule has 1 saturated heterocycles. The largest absolute Gasteiger partial charge is 0.467 e. The first-order chi connectivity index (χ1) is 12.9. The van der Waals surface area contributed by atoms with Gasteiger partial charge in [-0.15, -0.1) is 0 Å². The summed E-state index contributed by atoms with van der Waals surface area (Å²) in [6.45, 7) is 3.41. The Hall–Kier alpha value is -2.74. The maximum Gasteiger partial charge on any atom is 0.334 e. The van der Waals surface area contributed by atoms with Crippen molar-refractivity contribution in [3.8, 4) is 0 Å². The summed E-state index contributed by atoms with van der Waals surface area (Å²) in [4.78, 5) is 44.6. The minimum Gasteiger partial charge on any atom is -0.467 e. The summed E-state index contributed by atoms with van der Waals surface area (Å²) >= 11 is 3.34. The van der Waals surface area contributed by atoms with Crippen LogP contribution in [-0.2, 0) is 16.1 Å². The second-order valence-corrected chi connectivity index (χ2v) is 7.24. The first-order valence-electron chi connectivity index (χ1n) is 8.39. The van der Waals surface area contributed by atoms with E-state index in [4.69, 9.17) is 4.42 Å². The van der Waals surface area contributed by atoms with E-state index in [2.05, 4.69) is 20.9 Å². The predicted molar refractivity (Wildman–Crippen MR) is 102 cm³/mol. The Labute approximate surface area is 164 Å². The SMILES string of the molecule is CC(C)N1C(=O)C(C=Nc2ccc(Br)cc2)C(=O)N(Cc2ccco2)C1=O. The van der Waals surface area contributed by atoms with Crippen LogP contribution >= 0.6 is 15.9 Å². The summed E-state index contributed by atoms with van der Waals surface area (Å²) in [5, 5.41) is 0. The lowest BCUT2D eigenvalue weighted by molar-refractivity contribution is -0.147. The molecule has 0 bridgehead atoms. The normalized spacial score (nSPS) is 18.2. The summed E-state index contributed by atoms with van der Waals surface area (Å²) in [6.07, 6.45) is 2.76. The molecular weight excluding hydrogens is 414 g/mol. The summed E-state index contributed by atoms with van der Waals surface area (Å²) in [5.74, 6) is -1.89. The van der Waals surface area contributed by atoms with Crippen molar-refractivity contribution in [2.45, 2.75) is 26.4 Å². The highest BCUT2D eigenvalue weighted by Gasteiger charge is 2.46. The standard InChI is InChI=1S/C19H18BrN3O4/c1-12(2)23-18(25)16(10-21-14-7-5-13(20)6-8-14)17(24)22(19(23)26)11-15-4-3-9-27-15/h3-10,12,16H,11H2,1-2H3. The van der Waals surface area contributed by atoms with Gasteiger partial charge in [0, 0.05) is 16.7 Å². The third kappa shape index (κ3) is 4.00. The molecule has 1 aromatic heterocycles. The highest BCUT2D eigenvalue weighted by atomic mass is 79.9. The molecule has 2 aromatic rings. The van der Waals surface area contributed by atoms with Gasteiger partial charge >= 0.3 is 6.03 Å². The minimum atomic E-state index is -1.16. The van der Waals surface area contributed by atoms with Crippen LogP contribution in [0.2, 0.25) is 0 Å². The number of barbiturate groups is 1. The number of aliphatic imine (C=N–C) groups is 1. The molecule has 2 heterocycles. The third-order valence-corrected chi connectivity index (χ3v) is 4.61. The van der Waals surface area contributed by atoms with Crippen LogP contribution in [0.3, 0.4) is 0 Å². The maximum atomic E-state index is 12.8. The van der Waals surface area contributed by atoms with E-state index in [0.717, 1.165) is 14.3 Å². The highest BCUT2D eigenvalue weighted by molar-refractivity contribution is 9.10. The van der Waals surface area contributed by atoms with Gasteiger partial charge in [0.15, 0.2) is 5.92 Å². The number of benzene rings is 1. The van der Waals surface area contributed by atoms with Crippen LogP contribution < -0.4 is 0 Å². The van der Waals surface area contributed by atoms with Crippen LogP contribution in [0.5, 0.6) is 0 Å². The zero-order valence-electron chi connectivity index (χ0n) is 14.8. The Morgan fingerprint density at radius 2 is 1.85 bits per heavy atom. The van der Waals surface area contributed by atoms with Crippen LogP contribution in [0.15, 0.2) is 56.5 Å². The van der Waals surface area contributed by atoms with Gasteiger partial charge in [-0.1, -0.05) is 15.9 Å². The summed E-state index contributed by atoms with van der Waals surface area (Å²) in [7, 11) is 0. The number of halogens is 1. The summed E-state index contributed by atoms with van der Waals surface area (Å²) < 4.78 is 6.14. The number of nitrogens with zero attached hydrogens (tertiary/aromatic N) is 3.